The summed E-state index contributed by atoms with van der Waals surface area (Å²) >= 11 is 0. The predicted molar refractivity (Wildman–Crippen MR) is 50.0 cm³/mol. The molecule has 0 saturated heterocycles. The zero-order chi connectivity index (χ0) is 9.78. The summed E-state index contributed by atoms with van der Waals surface area (Å²) in [7, 11) is 0. The van der Waals surface area contributed by atoms with E-state index in [9.17, 15) is 4.79 Å². The first kappa shape index (κ1) is 11.2. The SMILES string of the molecule is C=CC(C)(CC(C)CC)C(=O)O. The summed E-state index contributed by atoms with van der Waals surface area (Å²) in [5, 5.41) is 8.91. The first-order valence-corrected chi connectivity index (χ1v) is 4.33. The summed E-state index contributed by atoms with van der Waals surface area (Å²) in [6, 6.07) is 0. The van der Waals surface area contributed by atoms with E-state index >= 15 is 0 Å². The van der Waals surface area contributed by atoms with Crippen LogP contribution in [0.2, 0.25) is 0 Å². The average Bonchev–Trinajstić information content (AvgIpc) is 2.03. The number of aliphatic carboxylic acids is 1. The van der Waals surface area contributed by atoms with Crippen LogP contribution in [0.25, 0.3) is 0 Å². The van der Waals surface area contributed by atoms with E-state index in [0.29, 0.717) is 12.3 Å². The van der Waals surface area contributed by atoms with Crippen LogP contribution in [0, 0.1) is 11.3 Å². The highest BCUT2D eigenvalue weighted by Gasteiger charge is 2.30. The topological polar surface area (TPSA) is 37.3 Å². The standard InChI is InChI=1S/C10H18O2/c1-5-8(3)7-10(4,6-2)9(11)12/h6,8H,2,5,7H2,1,3-4H3,(H,11,12). The van der Waals surface area contributed by atoms with Gasteiger partial charge in [-0.15, -0.1) is 6.58 Å². The Bertz CT molecular complexity index is 175. The molecule has 0 aromatic heterocycles. The van der Waals surface area contributed by atoms with Crippen molar-refractivity contribution in [2.45, 2.75) is 33.6 Å². The maximum absolute atomic E-state index is 10.8. The third kappa shape index (κ3) is 2.68. The zero-order valence-electron chi connectivity index (χ0n) is 8.13. The minimum atomic E-state index is -0.780. The Balaban J connectivity index is 4.34. The quantitative estimate of drug-likeness (QED) is 0.644. The van der Waals surface area contributed by atoms with Crippen LogP contribution in [0.4, 0.5) is 0 Å². The molecule has 1 N–H and O–H groups in total. The molecule has 0 heterocycles. The van der Waals surface area contributed by atoms with E-state index in [4.69, 9.17) is 5.11 Å². The fourth-order valence-corrected chi connectivity index (χ4v) is 1.13. The van der Waals surface area contributed by atoms with Crippen LogP contribution >= 0.6 is 0 Å². The molecule has 0 fully saturated rings. The number of hydrogen-bond acceptors (Lipinski definition) is 1. The van der Waals surface area contributed by atoms with Gasteiger partial charge in [0, 0.05) is 0 Å². The molecule has 12 heavy (non-hydrogen) atoms. The van der Waals surface area contributed by atoms with Crippen LogP contribution in [-0.4, -0.2) is 11.1 Å². The summed E-state index contributed by atoms with van der Waals surface area (Å²) in [6.45, 7) is 9.40. The summed E-state index contributed by atoms with van der Waals surface area (Å²) < 4.78 is 0. The van der Waals surface area contributed by atoms with Crippen molar-refractivity contribution in [3.63, 3.8) is 0 Å². The largest absolute Gasteiger partial charge is 0.481 e. The molecular formula is C10H18O2. The minimum Gasteiger partial charge on any atom is -0.481 e. The van der Waals surface area contributed by atoms with Crippen LogP contribution in [0.15, 0.2) is 12.7 Å². The van der Waals surface area contributed by atoms with Crippen molar-refractivity contribution in [3.05, 3.63) is 12.7 Å². The van der Waals surface area contributed by atoms with Crippen LogP contribution < -0.4 is 0 Å². The molecule has 0 aromatic carbocycles. The number of carboxylic acids is 1. The normalized spacial score (nSPS) is 17.9. The molecule has 0 aliphatic heterocycles. The number of rotatable bonds is 5. The lowest BCUT2D eigenvalue weighted by Gasteiger charge is -2.23. The second kappa shape index (κ2) is 4.29. The van der Waals surface area contributed by atoms with Gasteiger partial charge in [-0.25, -0.2) is 0 Å². The van der Waals surface area contributed by atoms with E-state index < -0.39 is 11.4 Å². The maximum atomic E-state index is 10.8. The van der Waals surface area contributed by atoms with E-state index in [0.717, 1.165) is 6.42 Å². The third-order valence-corrected chi connectivity index (χ3v) is 2.41. The molecule has 0 aliphatic carbocycles. The van der Waals surface area contributed by atoms with Gasteiger partial charge in [0.1, 0.15) is 0 Å². The second-order valence-electron chi connectivity index (χ2n) is 3.64. The Hall–Kier alpha value is -0.790. The fourth-order valence-electron chi connectivity index (χ4n) is 1.13. The van der Waals surface area contributed by atoms with Crippen molar-refractivity contribution in [2.24, 2.45) is 11.3 Å². The molecule has 0 saturated carbocycles. The van der Waals surface area contributed by atoms with E-state index in [1.54, 1.807) is 6.92 Å². The average molecular weight is 170 g/mol. The molecule has 0 spiro atoms. The summed E-state index contributed by atoms with van der Waals surface area (Å²) in [5.74, 6) is -0.345. The van der Waals surface area contributed by atoms with Crippen molar-refractivity contribution in [1.29, 1.82) is 0 Å². The molecule has 2 unspecified atom stereocenters. The lowest BCUT2D eigenvalue weighted by molar-refractivity contribution is -0.145. The molecule has 70 valence electrons. The number of hydrogen-bond donors (Lipinski definition) is 1. The molecule has 0 amide bonds. The van der Waals surface area contributed by atoms with Crippen LogP contribution in [0.3, 0.4) is 0 Å². The van der Waals surface area contributed by atoms with Gasteiger partial charge >= 0.3 is 5.97 Å². The molecule has 2 nitrogen and oxygen atoms in total. The summed E-state index contributed by atoms with van der Waals surface area (Å²) in [6.07, 6.45) is 3.21. The Morgan fingerprint density at radius 2 is 2.25 bits per heavy atom. The fraction of sp³-hybridized carbons (Fsp3) is 0.700. The molecule has 2 atom stereocenters. The first-order valence-electron chi connectivity index (χ1n) is 4.33. The van der Waals surface area contributed by atoms with Gasteiger partial charge in [-0.2, -0.15) is 0 Å². The highest BCUT2D eigenvalue weighted by molar-refractivity contribution is 5.76. The highest BCUT2D eigenvalue weighted by Crippen LogP contribution is 2.28. The molecule has 0 aliphatic rings. The lowest BCUT2D eigenvalue weighted by Crippen LogP contribution is -2.27. The Morgan fingerprint density at radius 3 is 2.50 bits per heavy atom. The van der Waals surface area contributed by atoms with Crippen molar-refractivity contribution in [2.75, 3.05) is 0 Å². The zero-order valence-corrected chi connectivity index (χ0v) is 8.13. The van der Waals surface area contributed by atoms with E-state index in [1.807, 2.05) is 0 Å². The Kier molecular flexibility index (Phi) is 4.01. The van der Waals surface area contributed by atoms with Crippen LogP contribution in [0.5, 0.6) is 0 Å². The second-order valence-corrected chi connectivity index (χ2v) is 3.64. The molecule has 2 heteroatoms. The molecule has 0 bridgehead atoms. The maximum Gasteiger partial charge on any atom is 0.313 e. The first-order chi connectivity index (χ1) is 5.46. The Morgan fingerprint density at radius 1 is 1.75 bits per heavy atom. The molecular weight excluding hydrogens is 152 g/mol. The number of carboxylic acid groups (broad SMARTS) is 1. The van der Waals surface area contributed by atoms with E-state index in [2.05, 4.69) is 20.4 Å². The van der Waals surface area contributed by atoms with Crippen molar-refractivity contribution in [1.82, 2.24) is 0 Å². The van der Waals surface area contributed by atoms with Crippen LogP contribution in [0.1, 0.15) is 33.6 Å². The Labute approximate surface area is 74.3 Å². The van der Waals surface area contributed by atoms with Gasteiger partial charge in [-0.3, -0.25) is 4.79 Å². The number of carbonyl (C=O) groups is 1. The highest BCUT2D eigenvalue weighted by atomic mass is 16.4. The van der Waals surface area contributed by atoms with Gasteiger partial charge in [0.2, 0.25) is 0 Å². The smallest absolute Gasteiger partial charge is 0.313 e. The predicted octanol–water partition coefficient (Wildman–Crippen LogP) is 2.70. The monoisotopic (exact) mass is 170 g/mol. The van der Waals surface area contributed by atoms with E-state index in [-0.39, 0.29) is 0 Å². The van der Waals surface area contributed by atoms with Crippen molar-refractivity contribution >= 4 is 5.97 Å². The van der Waals surface area contributed by atoms with Crippen molar-refractivity contribution in [3.8, 4) is 0 Å². The summed E-state index contributed by atoms with van der Waals surface area (Å²) in [4.78, 5) is 10.8. The lowest BCUT2D eigenvalue weighted by atomic mass is 9.81. The molecule has 0 radical (unpaired) electrons. The minimum absolute atomic E-state index is 0.434. The van der Waals surface area contributed by atoms with Gasteiger partial charge in [0.25, 0.3) is 0 Å². The van der Waals surface area contributed by atoms with Crippen LogP contribution in [-0.2, 0) is 4.79 Å². The van der Waals surface area contributed by atoms with Gasteiger partial charge in [-0.05, 0) is 19.3 Å². The van der Waals surface area contributed by atoms with Crippen molar-refractivity contribution < 1.29 is 9.90 Å². The van der Waals surface area contributed by atoms with Gasteiger partial charge in [0.15, 0.2) is 0 Å². The van der Waals surface area contributed by atoms with Gasteiger partial charge in [0.05, 0.1) is 5.41 Å². The molecule has 0 rings (SSSR count). The summed E-state index contributed by atoms with van der Waals surface area (Å²) in [5.41, 5.74) is -0.755. The van der Waals surface area contributed by atoms with Gasteiger partial charge in [-0.1, -0.05) is 26.3 Å². The van der Waals surface area contributed by atoms with Gasteiger partial charge < -0.3 is 5.11 Å². The molecule has 0 aromatic rings. The van der Waals surface area contributed by atoms with E-state index in [1.165, 1.54) is 6.08 Å². The third-order valence-electron chi connectivity index (χ3n) is 2.41.